The fourth-order valence-corrected chi connectivity index (χ4v) is 5.14. The van der Waals surface area contributed by atoms with Crippen LogP contribution in [0.15, 0.2) is 77.1 Å². The second-order valence-corrected chi connectivity index (χ2v) is 10.1. The first-order valence-corrected chi connectivity index (χ1v) is 13.0. The van der Waals surface area contributed by atoms with E-state index in [2.05, 4.69) is 9.72 Å². The Morgan fingerprint density at radius 1 is 1.16 bits per heavy atom. The highest BCUT2D eigenvalue weighted by molar-refractivity contribution is 6.39. The quantitative estimate of drug-likeness (QED) is 0.234. The average molecular weight is 552 g/mol. The number of hydrogen-bond donors (Lipinski definition) is 0. The number of methoxy groups -OCH3 is 1. The molecule has 0 N–H and O–H groups in total. The maximum Gasteiger partial charge on any atom is 0.414 e. The van der Waals surface area contributed by atoms with Crippen LogP contribution in [0.3, 0.4) is 0 Å². The molecular formula is C29H27Cl2N3O4. The molecule has 0 atom stereocenters. The number of nitrogens with zero attached hydrogens (tertiary/aromatic N) is 3. The Kier molecular flexibility index (Phi) is 7.49. The van der Waals surface area contributed by atoms with E-state index in [9.17, 15) is 4.79 Å². The minimum atomic E-state index is -0.375. The van der Waals surface area contributed by atoms with Crippen molar-refractivity contribution in [1.82, 2.24) is 14.6 Å². The molecule has 0 fully saturated rings. The summed E-state index contributed by atoms with van der Waals surface area (Å²) >= 11 is 12.9. The van der Waals surface area contributed by atoms with Gasteiger partial charge in [0.15, 0.2) is 0 Å². The molecule has 2 aromatic heterocycles. The molecule has 2 aromatic carbocycles. The first kappa shape index (κ1) is 25.9. The number of hydrogen-bond acceptors (Lipinski definition) is 5. The lowest BCUT2D eigenvalue weighted by Gasteiger charge is -2.25. The summed E-state index contributed by atoms with van der Waals surface area (Å²) in [5.41, 5.74) is 3.91. The van der Waals surface area contributed by atoms with Gasteiger partial charge in [-0.3, -0.25) is 4.90 Å². The summed E-state index contributed by atoms with van der Waals surface area (Å²) < 4.78 is 18.9. The van der Waals surface area contributed by atoms with Gasteiger partial charge in [-0.15, -0.1) is 0 Å². The minimum absolute atomic E-state index is 0.0983. The number of allylic oxidation sites excluding steroid dienone is 3. The summed E-state index contributed by atoms with van der Waals surface area (Å²) in [6, 6.07) is 13.3. The van der Waals surface area contributed by atoms with Gasteiger partial charge in [0.2, 0.25) is 0 Å². The highest BCUT2D eigenvalue weighted by Gasteiger charge is 2.24. The van der Waals surface area contributed by atoms with Gasteiger partial charge in [0.05, 0.1) is 29.3 Å². The first-order chi connectivity index (χ1) is 18.4. The third kappa shape index (κ3) is 5.04. The van der Waals surface area contributed by atoms with Crippen molar-refractivity contribution in [2.24, 2.45) is 0 Å². The zero-order chi connectivity index (χ0) is 26.8. The third-order valence-electron chi connectivity index (χ3n) is 6.45. The van der Waals surface area contributed by atoms with Crippen molar-refractivity contribution in [2.75, 3.05) is 13.7 Å². The van der Waals surface area contributed by atoms with Crippen LogP contribution in [0.1, 0.15) is 31.1 Å². The van der Waals surface area contributed by atoms with Crippen molar-refractivity contribution in [3.63, 3.8) is 0 Å². The summed E-state index contributed by atoms with van der Waals surface area (Å²) in [4.78, 5) is 13.8. The number of ether oxygens (including phenoxy) is 2. The fourth-order valence-electron chi connectivity index (χ4n) is 4.56. The van der Waals surface area contributed by atoms with Gasteiger partial charge in [-0.25, -0.2) is 4.79 Å². The minimum Gasteiger partial charge on any atom is -0.489 e. The van der Waals surface area contributed by atoms with Crippen LogP contribution in [0.2, 0.25) is 10.0 Å². The van der Waals surface area contributed by atoms with E-state index in [0.717, 1.165) is 27.9 Å². The fraction of sp³-hybridized carbons (Fsp3) is 0.241. The summed E-state index contributed by atoms with van der Waals surface area (Å²) in [7, 11) is 1.39. The van der Waals surface area contributed by atoms with Gasteiger partial charge in [-0.2, -0.15) is 0 Å². The van der Waals surface area contributed by atoms with Crippen molar-refractivity contribution in [2.45, 2.75) is 32.9 Å². The summed E-state index contributed by atoms with van der Waals surface area (Å²) in [6.07, 6.45) is 7.42. The largest absolute Gasteiger partial charge is 0.489 e. The van der Waals surface area contributed by atoms with Crippen molar-refractivity contribution < 1.29 is 18.8 Å². The Morgan fingerprint density at radius 2 is 1.95 bits per heavy atom. The van der Waals surface area contributed by atoms with Gasteiger partial charge in [-0.05, 0) is 42.5 Å². The lowest BCUT2D eigenvalue weighted by atomic mass is 10.0. The molecule has 0 aliphatic carbocycles. The number of carbonyl (C=O) groups is 1. The second kappa shape index (κ2) is 11.0. The predicted octanol–water partition coefficient (Wildman–Crippen LogP) is 7.83. The lowest BCUT2D eigenvalue weighted by Crippen LogP contribution is -2.33. The predicted molar refractivity (Wildman–Crippen MR) is 149 cm³/mol. The van der Waals surface area contributed by atoms with E-state index < -0.39 is 0 Å². The number of amides is 1. The van der Waals surface area contributed by atoms with E-state index in [-0.39, 0.29) is 18.6 Å². The van der Waals surface area contributed by atoms with Gasteiger partial charge in [-0.1, -0.05) is 60.4 Å². The zero-order valence-electron chi connectivity index (χ0n) is 21.3. The Labute approximate surface area is 230 Å². The summed E-state index contributed by atoms with van der Waals surface area (Å²) in [5.74, 6) is 1.53. The van der Waals surface area contributed by atoms with E-state index >= 15 is 0 Å². The molecule has 1 amide bonds. The molecule has 5 rings (SSSR count). The number of aromatic nitrogens is 2. The van der Waals surface area contributed by atoms with Gasteiger partial charge >= 0.3 is 6.09 Å². The molecule has 0 bridgehead atoms. The van der Waals surface area contributed by atoms with Crippen LogP contribution in [0.25, 0.3) is 22.2 Å². The van der Waals surface area contributed by atoms with E-state index in [1.807, 2.05) is 62.5 Å². The Bertz CT molecular complexity index is 1530. The van der Waals surface area contributed by atoms with Crippen LogP contribution in [-0.2, 0) is 17.9 Å². The molecule has 0 saturated carbocycles. The lowest BCUT2D eigenvalue weighted by molar-refractivity contribution is 0.137. The van der Waals surface area contributed by atoms with Gasteiger partial charge in [0, 0.05) is 40.8 Å². The Hall–Kier alpha value is -3.68. The van der Waals surface area contributed by atoms with Crippen LogP contribution in [-0.4, -0.2) is 34.4 Å². The van der Waals surface area contributed by atoms with Gasteiger partial charge in [0.25, 0.3) is 0 Å². The summed E-state index contributed by atoms with van der Waals surface area (Å²) in [6.45, 7) is 5.33. The monoisotopic (exact) mass is 551 g/mol. The second-order valence-electron chi connectivity index (χ2n) is 9.25. The Morgan fingerprint density at radius 3 is 2.68 bits per heavy atom. The van der Waals surface area contributed by atoms with Crippen LogP contribution >= 0.6 is 23.2 Å². The van der Waals surface area contributed by atoms with Crippen molar-refractivity contribution in [3.8, 4) is 17.0 Å². The molecule has 0 spiro atoms. The molecule has 196 valence electrons. The van der Waals surface area contributed by atoms with Crippen molar-refractivity contribution in [3.05, 3.63) is 94.0 Å². The van der Waals surface area contributed by atoms with E-state index in [0.29, 0.717) is 40.1 Å². The molecule has 38 heavy (non-hydrogen) atoms. The molecular weight excluding hydrogens is 525 g/mol. The molecule has 0 unspecified atom stereocenters. The topological polar surface area (TPSA) is 69.7 Å². The smallest absolute Gasteiger partial charge is 0.414 e. The Balaban J connectivity index is 1.39. The first-order valence-electron chi connectivity index (χ1n) is 12.2. The molecule has 0 radical (unpaired) electrons. The standard InChI is InChI=1S/C29H27Cl2N3O4/c1-18(2)28-22(27(32-38-28)26-23(30)8-6-9-24(26)31)17-37-21-10-11-25-19(15-21)12-14-33(25)16-20-7-4-5-13-34(20)29(35)36-3/h4-12,14-15,18H,13,16-17H2,1-3H3. The van der Waals surface area contributed by atoms with Crippen LogP contribution in [0, 0.1) is 0 Å². The summed E-state index contributed by atoms with van der Waals surface area (Å²) in [5, 5.41) is 6.32. The van der Waals surface area contributed by atoms with Crippen LogP contribution in [0.4, 0.5) is 4.79 Å². The van der Waals surface area contributed by atoms with E-state index in [1.54, 1.807) is 23.1 Å². The third-order valence-corrected chi connectivity index (χ3v) is 7.08. The highest BCUT2D eigenvalue weighted by Crippen LogP contribution is 2.39. The van der Waals surface area contributed by atoms with E-state index in [4.69, 9.17) is 37.2 Å². The van der Waals surface area contributed by atoms with Crippen molar-refractivity contribution in [1.29, 1.82) is 0 Å². The molecule has 1 aliphatic rings. The molecule has 7 nitrogen and oxygen atoms in total. The molecule has 0 saturated heterocycles. The average Bonchev–Trinajstić information content (AvgIpc) is 3.51. The molecule has 9 heteroatoms. The van der Waals surface area contributed by atoms with Crippen LogP contribution in [0.5, 0.6) is 5.75 Å². The maximum atomic E-state index is 12.2. The maximum absolute atomic E-state index is 12.2. The van der Waals surface area contributed by atoms with Crippen LogP contribution < -0.4 is 4.74 Å². The number of rotatable bonds is 7. The molecule has 1 aliphatic heterocycles. The van der Waals surface area contributed by atoms with Gasteiger partial charge in [0.1, 0.15) is 23.8 Å². The number of fused-ring (bicyclic) bond motifs is 1. The molecule has 3 heterocycles. The highest BCUT2D eigenvalue weighted by atomic mass is 35.5. The normalized spacial score (nSPS) is 13.3. The number of carbonyl (C=O) groups excluding carboxylic acids is 1. The zero-order valence-corrected chi connectivity index (χ0v) is 22.8. The van der Waals surface area contributed by atoms with Gasteiger partial charge < -0.3 is 18.6 Å². The molecule has 4 aromatic rings. The SMILES string of the molecule is COC(=O)N1CC=CC=C1Cn1ccc2cc(OCc3c(-c4c(Cl)cccc4Cl)noc3C(C)C)ccc21. The number of benzene rings is 2. The van der Waals surface area contributed by atoms with E-state index in [1.165, 1.54) is 7.11 Å². The number of halogens is 2. The van der Waals surface area contributed by atoms with Crippen molar-refractivity contribution >= 4 is 40.2 Å².